The zero-order valence-corrected chi connectivity index (χ0v) is 12.7. The molecule has 2 unspecified atom stereocenters. The van der Waals surface area contributed by atoms with Crippen LogP contribution in [0.1, 0.15) is 46.5 Å². The molecule has 2 atom stereocenters. The molecule has 20 heavy (non-hydrogen) atoms. The summed E-state index contributed by atoms with van der Waals surface area (Å²) in [7, 11) is 0. The Bertz CT molecular complexity index is 354. The fourth-order valence-corrected chi connectivity index (χ4v) is 2.92. The first-order valence-corrected chi connectivity index (χ1v) is 7.43. The molecule has 1 amide bonds. The summed E-state index contributed by atoms with van der Waals surface area (Å²) in [5.74, 6) is 0.164. The molecule has 0 saturated carbocycles. The second-order valence-electron chi connectivity index (χ2n) is 5.35. The summed E-state index contributed by atoms with van der Waals surface area (Å²) in [5.41, 5.74) is 4.81. The number of oxime groups is 1. The van der Waals surface area contributed by atoms with E-state index in [9.17, 15) is 4.79 Å². The van der Waals surface area contributed by atoms with Gasteiger partial charge in [-0.05, 0) is 25.7 Å². The van der Waals surface area contributed by atoms with Gasteiger partial charge >= 0.3 is 0 Å². The van der Waals surface area contributed by atoms with Gasteiger partial charge in [-0.25, -0.2) is 0 Å². The van der Waals surface area contributed by atoms with Gasteiger partial charge in [0.05, 0.1) is 6.10 Å². The van der Waals surface area contributed by atoms with Crippen molar-refractivity contribution in [2.75, 3.05) is 13.2 Å². The predicted molar refractivity (Wildman–Crippen MR) is 77.6 cm³/mol. The number of hydrogen-bond donors (Lipinski definition) is 3. The number of carbonyl (C=O) groups is 1. The highest BCUT2D eigenvalue weighted by atomic mass is 16.5. The highest BCUT2D eigenvalue weighted by Crippen LogP contribution is 2.28. The van der Waals surface area contributed by atoms with Crippen LogP contribution in [0, 0.1) is 11.3 Å². The molecule has 1 heterocycles. The summed E-state index contributed by atoms with van der Waals surface area (Å²) < 4.78 is 5.61. The van der Waals surface area contributed by atoms with Gasteiger partial charge in [0.15, 0.2) is 5.84 Å². The topological polar surface area (TPSA) is 96.9 Å². The van der Waals surface area contributed by atoms with Crippen molar-refractivity contribution < 1.29 is 14.7 Å². The van der Waals surface area contributed by atoms with E-state index in [2.05, 4.69) is 17.4 Å². The monoisotopic (exact) mass is 285 g/mol. The van der Waals surface area contributed by atoms with Gasteiger partial charge in [-0.3, -0.25) is 4.79 Å². The van der Waals surface area contributed by atoms with Gasteiger partial charge < -0.3 is 21.0 Å². The zero-order chi connectivity index (χ0) is 15.2. The molecule has 6 nitrogen and oxygen atoms in total. The molecule has 0 aromatic carbocycles. The number of nitrogens with one attached hydrogen (secondary N) is 1. The van der Waals surface area contributed by atoms with Gasteiger partial charge in [0.25, 0.3) is 0 Å². The van der Waals surface area contributed by atoms with E-state index in [0.717, 1.165) is 19.4 Å². The predicted octanol–water partition coefficient (Wildman–Crippen LogP) is 1.47. The first-order chi connectivity index (χ1) is 9.55. The van der Waals surface area contributed by atoms with E-state index in [1.807, 2.05) is 13.8 Å². The van der Waals surface area contributed by atoms with Gasteiger partial charge in [0.2, 0.25) is 5.91 Å². The lowest BCUT2D eigenvalue weighted by Crippen LogP contribution is -2.50. The SMILES string of the molecule is CCC1OCCC1CNC(=O)C(CC)(CC)C(N)=NO. The van der Waals surface area contributed by atoms with Crippen LogP contribution in [0.2, 0.25) is 0 Å². The summed E-state index contributed by atoms with van der Waals surface area (Å²) >= 11 is 0. The molecule has 0 aromatic heterocycles. The van der Waals surface area contributed by atoms with Gasteiger partial charge in [-0.1, -0.05) is 25.9 Å². The Labute approximate surface area is 120 Å². The molecular weight excluding hydrogens is 258 g/mol. The minimum Gasteiger partial charge on any atom is -0.409 e. The zero-order valence-electron chi connectivity index (χ0n) is 12.7. The maximum Gasteiger partial charge on any atom is 0.233 e. The minimum absolute atomic E-state index is 0.0188. The quantitative estimate of drug-likeness (QED) is 0.285. The van der Waals surface area contributed by atoms with Crippen LogP contribution in [-0.2, 0) is 9.53 Å². The lowest BCUT2D eigenvalue weighted by molar-refractivity contribution is -0.128. The number of nitrogens with two attached hydrogens (primary N) is 1. The van der Waals surface area contributed by atoms with Gasteiger partial charge in [-0.15, -0.1) is 0 Å². The molecule has 0 aromatic rings. The van der Waals surface area contributed by atoms with Crippen LogP contribution < -0.4 is 11.1 Å². The molecule has 0 bridgehead atoms. The Kier molecular flexibility index (Phi) is 6.26. The van der Waals surface area contributed by atoms with Gasteiger partial charge in [0, 0.05) is 19.1 Å². The maximum atomic E-state index is 12.5. The van der Waals surface area contributed by atoms with E-state index in [1.54, 1.807) is 0 Å². The molecule has 0 aliphatic carbocycles. The van der Waals surface area contributed by atoms with Gasteiger partial charge in [0.1, 0.15) is 5.41 Å². The molecule has 0 radical (unpaired) electrons. The number of amides is 1. The third-order valence-corrected chi connectivity index (χ3v) is 4.51. The first kappa shape index (κ1) is 16.8. The van der Waals surface area contributed by atoms with Crippen molar-refractivity contribution in [3.8, 4) is 0 Å². The molecule has 0 spiro atoms. The van der Waals surface area contributed by atoms with E-state index < -0.39 is 5.41 Å². The Morgan fingerprint density at radius 1 is 1.45 bits per heavy atom. The van der Waals surface area contributed by atoms with E-state index in [0.29, 0.717) is 25.3 Å². The van der Waals surface area contributed by atoms with E-state index in [1.165, 1.54) is 0 Å². The second kappa shape index (κ2) is 7.47. The van der Waals surface area contributed by atoms with Crippen molar-refractivity contribution in [1.82, 2.24) is 5.32 Å². The van der Waals surface area contributed by atoms with Crippen LogP contribution in [0.5, 0.6) is 0 Å². The molecule has 1 aliphatic heterocycles. The third-order valence-electron chi connectivity index (χ3n) is 4.51. The lowest BCUT2D eigenvalue weighted by Gasteiger charge is -2.29. The highest BCUT2D eigenvalue weighted by Gasteiger charge is 2.40. The molecule has 4 N–H and O–H groups in total. The van der Waals surface area contributed by atoms with Crippen molar-refractivity contribution in [3.05, 3.63) is 0 Å². The number of ether oxygens (including phenoxy) is 1. The van der Waals surface area contributed by atoms with E-state index in [-0.39, 0.29) is 17.8 Å². The van der Waals surface area contributed by atoms with Crippen LogP contribution in [0.3, 0.4) is 0 Å². The molecule has 1 saturated heterocycles. The first-order valence-electron chi connectivity index (χ1n) is 7.43. The fourth-order valence-electron chi connectivity index (χ4n) is 2.92. The van der Waals surface area contributed by atoms with E-state index >= 15 is 0 Å². The fraction of sp³-hybridized carbons (Fsp3) is 0.857. The van der Waals surface area contributed by atoms with Crippen molar-refractivity contribution in [2.45, 2.75) is 52.6 Å². The Balaban J connectivity index is 2.68. The summed E-state index contributed by atoms with van der Waals surface area (Å²) in [5, 5.41) is 14.9. The maximum absolute atomic E-state index is 12.5. The lowest BCUT2D eigenvalue weighted by atomic mass is 9.80. The number of nitrogens with zero attached hydrogens (tertiary/aromatic N) is 1. The Morgan fingerprint density at radius 2 is 2.10 bits per heavy atom. The van der Waals surface area contributed by atoms with Crippen molar-refractivity contribution in [2.24, 2.45) is 22.2 Å². The van der Waals surface area contributed by atoms with Crippen LogP contribution in [-0.4, -0.2) is 36.2 Å². The molecule has 1 fully saturated rings. The molecular formula is C14H27N3O3. The smallest absolute Gasteiger partial charge is 0.233 e. The molecule has 116 valence electrons. The van der Waals surface area contributed by atoms with Crippen LogP contribution in [0.4, 0.5) is 0 Å². The standard InChI is InChI=1S/C14H27N3O3/c1-4-11-10(7-8-20-11)9-16-13(18)14(5-2,6-3)12(15)17-19/h10-11,19H,4-9H2,1-3H3,(H2,15,17)(H,16,18). The largest absolute Gasteiger partial charge is 0.409 e. The van der Waals surface area contributed by atoms with Crippen LogP contribution >= 0.6 is 0 Å². The summed E-state index contributed by atoms with van der Waals surface area (Å²) in [4.78, 5) is 12.5. The minimum atomic E-state index is -0.921. The number of rotatable bonds is 7. The number of amidine groups is 1. The average Bonchev–Trinajstić information content (AvgIpc) is 2.93. The molecule has 1 rings (SSSR count). The summed E-state index contributed by atoms with van der Waals surface area (Å²) in [6, 6.07) is 0. The average molecular weight is 285 g/mol. The number of hydrogen-bond acceptors (Lipinski definition) is 4. The Morgan fingerprint density at radius 3 is 2.60 bits per heavy atom. The van der Waals surface area contributed by atoms with Crippen molar-refractivity contribution in [1.29, 1.82) is 0 Å². The second-order valence-corrected chi connectivity index (χ2v) is 5.35. The van der Waals surface area contributed by atoms with Crippen LogP contribution in [0.15, 0.2) is 5.16 Å². The number of carbonyl (C=O) groups excluding carboxylic acids is 1. The molecule has 1 aliphatic rings. The molecule has 6 heteroatoms. The van der Waals surface area contributed by atoms with Gasteiger partial charge in [-0.2, -0.15) is 0 Å². The van der Waals surface area contributed by atoms with Crippen molar-refractivity contribution >= 4 is 11.7 Å². The highest BCUT2D eigenvalue weighted by molar-refractivity contribution is 6.06. The third kappa shape index (κ3) is 3.23. The van der Waals surface area contributed by atoms with Crippen molar-refractivity contribution in [3.63, 3.8) is 0 Å². The van der Waals surface area contributed by atoms with Crippen LogP contribution in [0.25, 0.3) is 0 Å². The summed E-state index contributed by atoms with van der Waals surface area (Å²) in [6.07, 6.45) is 3.14. The Hall–Kier alpha value is -1.30. The van der Waals surface area contributed by atoms with E-state index in [4.69, 9.17) is 15.7 Å². The summed E-state index contributed by atoms with van der Waals surface area (Å²) in [6.45, 7) is 7.16. The normalized spacial score (nSPS) is 23.9.